The van der Waals surface area contributed by atoms with E-state index in [0.717, 1.165) is 22.3 Å². The van der Waals surface area contributed by atoms with E-state index in [1.807, 2.05) is 121 Å². The van der Waals surface area contributed by atoms with E-state index in [1.54, 1.807) is 0 Å². The van der Waals surface area contributed by atoms with Gasteiger partial charge in [0, 0.05) is 6.42 Å². The number of nitrogens with two attached hydrogens (primary N) is 1. The minimum Gasteiger partial charge on any atom is -0.368 e. The summed E-state index contributed by atoms with van der Waals surface area (Å²) in [4.78, 5) is 26.6. The highest BCUT2D eigenvalue weighted by molar-refractivity contribution is 5.98. The van der Waals surface area contributed by atoms with E-state index in [0.29, 0.717) is 6.42 Å². The Morgan fingerprint density at radius 2 is 1.00 bits per heavy atom. The van der Waals surface area contributed by atoms with Crippen molar-refractivity contribution in [2.75, 3.05) is 0 Å². The van der Waals surface area contributed by atoms with Gasteiger partial charge in [0.15, 0.2) is 0 Å². The summed E-state index contributed by atoms with van der Waals surface area (Å²) in [5.74, 6) is -0.874. The SMILES string of the molecule is NC(=O)[C@H](Cc1ccccc1)NC(=O)C(c1ccccc1)(c1ccccc1)c1ccccc1. The van der Waals surface area contributed by atoms with Crippen LogP contribution in [0, 0.1) is 0 Å². The van der Waals surface area contributed by atoms with Gasteiger partial charge in [-0.2, -0.15) is 0 Å². The molecule has 4 aromatic rings. The van der Waals surface area contributed by atoms with Gasteiger partial charge in [-0.25, -0.2) is 0 Å². The van der Waals surface area contributed by atoms with Gasteiger partial charge in [0.05, 0.1) is 0 Å². The first-order valence-corrected chi connectivity index (χ1v) is 10.9. The van der Waals surface area contributed by atoms with Crippen LogP contribution in [-0.2, 0) is 21.4 Å². The van der Waals surface area contributed by atoms with E-state index in [1.165, 1.54) is 0 Å². The van der Waals surface area contributed by atoms with Crippen LogP contribution in [0.15, 0.2) is 121 Å². The van der Waals surface area contributed by atoms with Gasteiger partial charge in [-0.15, -0.1) is 0 Å². The van der Waals surface area contributed by atoms with Gasteiger partial charge in [-0.05, 0) is 22.3 Å². The second kappa shape index (κ2) is 9.96. The molecule has 4 heteroatoms. The van der Waals surface area contributed by atoms with Crippen LogP contribution in [-0.4, -0.2) is 17.9 Å². The largest absolute Gasteiger partial charge is 0.368 e. The molecule has 0 aromatic heterocycles. The van der Waals surface area contributed by atoms with E-state index in [9.17, 15) is 9.59 Å². The molecule has 0 radical (unpaired) electrons. The molecular formula is C29H26N2O2. The molecule has 0 bridgehead atoms. The predicted molar refractivity (Wildman–Crippen MR) is 130 cm³/mol. The number of amides is 2. The third kappa shape index (κ3) is 4.55. The average molecular weight is 435 g/mol. The first kappa shape index (κ1) is 22.0. The summed E-state index contributed by atoms with van der Waals surface area (Å²) < 4.78 is 0. The lowest BCUT2D eigenvalue weighted by Gasteiger charge is -2.35. The Hall–Kier alpha value is -4.18. The van der Waals surface area contributed by atoms with Crippen molar-refractivity contribution >= 4 is 11.8 Å². The number of rotatable bonds is 8. The molecule has 0 aliphatic rings. The molecule has 0 saturated carbocycles. The molecule has 4 nitrogen and oxygen atoms in total. The zero-order valence-corrected chi connectivity index (χ0v) is 18.2. The second-order valence-electron chi connectivity index (χ2n) is 7.97. The number of hydrogen-bond donors (Lipinski definition) is 2. The summed E-state index contributed by atoms with van der Waals surface area (Å²) >= 11 is 0. The third-order valence-corrected chi connectivity index (χ3v) is 5.89. The normalized spacial score (nSPS) is 12.0. The molecule has 2 amide bonds. The van der Waals surface area contributed by atoms with Crippen molar-refractivity contribution < 1.29 is 9.59 Å². The topological polar surface area (TPSA) is 72.2 Å². The molecule has 0 unspecified atom stereocenters. The fourth-order valence-electron chi connectivity index (χ4n) is 4.30. The van der Waals surface area contributed by atoms with Crippen molar-refractivity contribution in [2.24, 2.45) is 5.73 Å². The Balaban J connectivity index is 1.85. The number of hydrogen-bond acceptors (Lipinski definition) is 2. The van der Waals surface area contributed by atoms with Crippen LogP contribution in [0.5, 0.6) is 0 Å². The molecule has 4 rings (SSSR count). The standard InChI is InChI=1S/C29H26N2O2/c30-27(32)26(21-22-13-5-1-6-14-22)31-28(33)29(23-15-7-2-8-16-23,24-17-9-3-10-18-24)25-19-11-4-12-20-25/h1-20,26H,21H2,(H2,30,32)(H,31,33)/t26-/m0/s1. The summed E-state index contributed by atoms with van der Waals surface area (Å²) in [6.07, 6.45) is 0.316. The third-order valence-electron chi connectivity index (χ3n) is 5.89. The van der Waals surface area contributed by atoms with Gasteiger partial charge in [-0.1, -0.05) is 121 Å². The second-order valence-corrected chi connectivity index (χ2v) is 7.97. The molecule has 0 saturated heterocycles. The van der Waals surface area contributed by atoms with Gasteiger partial charge in [0.2, 0.25) is 11.8 Å². The minimum atomic E-state index is -1.16. The van der Waals surface area contributed by atoms with Crippen LogP contribution < -0.4 is 11.1 Å². The van der Waals surface area contributed by atoms with Gasteiger partial charge >= 0.3 is 0 Å². The zero-order valence-electron chi connectivity index (χ0n) is 18.2. The zero-order chi connectivity index (χ0) is 23.1. The van der Waals surface area contributed by atoms with Crippen LogP contribution in [0.3, 0.4) is 0 Å². The molecule has 0 aliphatic carbocycles. The highest BCUT2D eigenvalue weighted by atomic mass is 16.2. The smallest absolute Gasteiger partial charge is 0.240 e. The Labute approximate surface area is 194 Å². The van der Waals surface area contributed by atoms with Crippen molar-refractivity contribution in [3.05, 3.63) is 144 Å². The highest BCUT2D eigenvalue weighted by Crippen LogP contribution is 2.39. The molecule has 0 heterocycles. The van der Waals surface area contributed by atoms with Crippen LogP contribution in [0.2, 0.25) is 0 Å². The van der Waals surface area contributed by atoms with Crippen molar-refractivity contribution in [1.29, 1.82) is 0 Å². The molecule has 33 heavy (non-hydrogen) atoms. The van der Waals surface area contributed by atoms with Gasteiger partial charge in [0.1, 0.15) is 11.5 Å². The van der Waals surface area contributed by atoms with Gasteiger partial charge in [-0.3, -0.25) is 9.59 Å². The summed E-state index contributed by atoms with van der Waals surface area (Å²) in [7, 11) is 0. The average Bonchev–Trinajstić information content (AvgIpc) is 2.87. The van der Waals surface area contributed by atoms with Crippen molar-refractivity contribution in [2.45, 2.75) is 17.9 Å². The maximum atomic E-state index is 14.3. The molecule has 0 fully saturated rings. The van der Waals surface area contributed by atoms with Crippen LogP contribution in [0.1, 0.15) is 22.3 Å². The van der Waals surface area contributed by atoms with Gasteiger partial charge < -0.3 is 11.1 Å². The number of nitrogens with one attached hydrogen (secondary N) is 1. The van der Waals surface area contributed by atoms with E-state index in [4.69, 9.17) is 5.73 Å². The highest BCUT2D eigenvalue weighted by Gasteiger charge is 2.44. The number of benzene rings is 4. The molecule has 164 valence electrons. The summed E-state index contributed by atoms with van der Waals surface area (Å²) in [6.45, 7) is 0. The van der Waals surface area contributed by atoms with Gasteiger partial charge in [0.25, 0.3) is 0 Å². The quantitative estimate of drug-likeness (QED) is 0.407. The van der Waals surface area contributed by atoms with E-state index in [-0.39, 0.29) is 5.91 Å². The van der Waals surface area contributed by atoms with E-state index in [2.05, 4.69) is 5.32 Å². The van der Waals surface area contributed by atoms with E-state index < -0.39 is 17.4 Å². The molecule has 0 spiro atoms. The lowest BCUT2D eigenvalue weighted by atomic mass is 9.68. The van der Waals surface area contributed by atoms with Crippen molar-refractivity contribution in [3.8, 4) is 0 Å². The van der Waals surface area contributed by atoms with Crippen molar-refractivity contribution in [1.82, 2.24) is 5.32 Å². The van der Waals surface area contributed by atoms with Crippen LogP contribution >= 0.6 is 0 Å². The maximum absolute atomic E-state index is 14.3. The molecule has 3 N–H and O–H groups in total. The number of primary amides is 1. The summed E-state index contributed by atoms with van der Waals surface area (Å²) in [5.41, 5.74) is 7.93. The Morgan fingerprint density at radius 1 is 0.636 bits per heavy atom. The summed E-state index contributed by atoms with van der Waals surface area (Å²) in [5, 5.41) is 2.99. The fourth-order valence-corrected chi connectivity index (χ4v) is 4.30. The lowest BCUT2D eigenvalue weighted by molar-refractivity contribution is -0.129. The van der Waals surface area contributed by atoms with Crippen LogP contribution in [0.4, 0.5) is 0 Å². The Morgan fingerprint density at radius 3 is 1.36 bits per heavy atom. The fraction of sp³-hybridized carbons (Fsp3) is 0.103. The molecule has 4 aromatic carbocycles. The summed E-state index contributed by atoms with van der Waals surface area (Å²) in [6, 6.07) is 37.6. The number of carbonyl (C=O) groups excluding carboxylic acids is 2. The molecule has 1 atom stereocenters. The van der Waals surface area contributed by atoms with E-state index >= 15 is 0 Å². The molecular weight excluding hydrogens is 408 g/mol. The monoisotopic (exact) mass is 434 g/mol. The number of carbonyl (C=O) groups is 2. The Kier molecular flexibility index (Phi) is 6.65. The maximum Gasteiger partial charge on any atom is 0.240 e. The molecule has 0 aliphatic heterocycles. The first-order valence-electron chi connectivity index (χ1n) is 10.9. The predicted octanol–water partition coefficient (Wildman–Crippen LogP) is 4.23. The van der Waals surface area contributed by atoms with Crippen LogP contribution in [0.25, 0.3) is 0 Å². The van der Waals surface area contributed by atoms with Crippen molar-refractivity contribution in [3.63, 3.8) is 0 Å². The minimum absolute atomic E-state index is 0.300. The lowest BCUT2D eigenvalue weighted by Crippen LogP contribution is -2.54. The Bertz CT molecular complexity index is 1100. The first-order chi connectivity index (χ1) is 16.1.